The number of aryl methyl sites for hydroxylation is 2. The van der Waals surface area contributed by atoms with Crippen LogP contribution in [0.3, 0.4) is 0 Å². The molecule has 0 spiro atoms. The molecule has 2 rings (SSSR count). The van der Waals surface area contributed by atoms with E-state index in [2.05, 4.69) is 20.2 Å². The van der Waals surface area contributed by atoms with Crippen LogP contribution in [0.5, 0.6) is 5.75 Å². The molecule has 3 N–H and O–H groups in total. The number of hydrogen-bond donors (Lipinski definition) is 3. The number of nitrogens with one attached hydrogen (secondary N) is 3. The number of nitrogens with zero attached hydrogens (tertiary/aromatic N) is 1. The van der Waals surface area contributed by atoms with Crippen LogP contribution in [0.25, 0.3) is 0 Å². The van der Waals surface area contributed by atoms with E-state index in [1.54, 1.807) is 38.1 Å². The molecule has 24 heavy (non-hydrogen) atoms. The summed E-state index contributed by atoms with van der Waals surface area (Å²) in [5, 5.41) is 9.08. The first-order valence-electron chi connectivity index (χ1n) is 7.38. The molecule has 1 aromatic carbocycles. The van der Waals surface area contributed by atoms with E-state index in [1.165, 1.54) is 0 Å². The van der Waals surface area contributed by atoms with Crippen LogP contribution in [0.2, 0.25) is 0 Å². The summed E-state index contributed by atoms with van der Waals surface area (Å²) in [5.41, 5.74) is 1.25. The Morgan fingerprint density at radius 3 is 2.62 bits per heavy atom. The highest BCUT2D eigenvalue weighted by Crippen LogP contribution is 2.23. The number of para-hydroxylation sites is 2. The summed E-state index contributed by atoms with van der Waals surface area (Å²) in [5.74, 6) is 0.0299. The SMILES string of the molecule is CCOc1ccccc1NC(=O)CNS(=O)(=O)c1c(C)n[nH]c1C. The van der Waals surface area contributed by atoms with Crippen LogP contribution in [0.4, 0.5) is 5.69 Å². The van der Waals surface area contributed by atoms with Gasteiger partial charge < -0.3 is 10.1 Å². The number of rotatable bonds is 7. The molecule has 130 valence electrons. The van der Waals surface area contributed by atoms with Crippen molar-refractivity contribution < 1.29 is 17.9 Å². The summed E-state index contributed by atoms with van der Waals surface area (Å²) in [6.45, 7) is 5.08. The molecule has 0 saturated heterocycles. The third-order valence-electron chi connectivity index (χ3n) is 3.21. The fourth-order valence-corrected chi connectivity index (χ4v) is 3.56. The minimum atomic E-state index is -3.82. The molecule has 1 heterocycles. The number of carbonyl (C=O) groups excluding carboxylic acids is 1. The van der Waals surface area contributed by atoms with Gasteiger partial charge in [0.2, 0.25) is 15.9 Å². The van der Waals surface area contributed by atoms with E-state index < -0.39 is 22.5 Å². The minimum absolute atomic E-state index is 0.0602. The summed E-state index contributed by atoms with van der Waals surface area (Å²) >= 11 is 0. The number of benzene rings is 1. The molecule has 2 aromatic rings. The Labute approximate surface area is 140 Å². The number of ether oxygens (including phenoxy) is 1. The van der Waals surface area contributed by atoms with Crippen LogP contribution in [-0.4, -0.2) is 37.7 Å². The molecular formula is C15H20N4O4S. The van der Waals surface area contributed by atoms with Gasteiger partial charge in [-0.25, -0.2) is 13.1 Å². The number of carbonyl (C=O) groups is 1. The van der Waals surface area contributed by atoms with Crippen molar-refractivity contribution in [2.45, 2.75) is 25.7 Å². The van der Waals surface area contributed by atoms with Gasteiger partial charge in [0.25, 0.3) is 0 Å². The van der Waals surface area contributed by atoms with Gasteiger partial charge in [-0.05, 0) is 32.9 Å². The largest absolute Gasteiger partial charge is 0.492 e. The van der Waals surface area contributed by atoms with Crippen molar-refractivity contribution in [1.29, 1.82) is 0 Å². The van der Waals surface area contributed by atoms with Crippen molar-refractivity contribution in [2.24, 2.45) is 0 Å². The van der Waals surface area contributed by atoms with Gasteiger partial charge in [0.1, 0.15) is 10.6 Å². The molecule has 1 aromatic heterocycles. The fraction of sp³-hybridized carbons (Fsp3) is 0.333. The lowest BCUT2D eigenvalue weighted by molar-refractivity contribution is -0.115. The normalized spacial score (nSPS) is 11.3. The Kier molecular flexibility index (Phi) is 5.58. The van der Waals surface area contributed by atoms with E-state index in [4.69, 9.17) is 4.74 Å². The van der Waals surface area contributed by atoms with Crippen molar-refractivity contribution in [3.05, 3.63) is 35.7 Å². The molecule has 0 aliphatic heterocycles. The molecule has 0 unspecified atom stereocenters. The molecule has 0 bridgehead atoms. The fourth-order valence-electron chi connectivity index (χ4n) is 2.22. The molecule has 0 fully saturated rings. The topological polar surface area (TPSA) is 113 Å². The van der Waals surface area contributed by atoms with Gasteiger partial charge >= 0.3 is 0 Å². The second-order valence-electron chi connectivity index (χ2n) is 5.07. The van der Waals surface area contributed by atoms with Gasteiger partial charge in [-0.2, -0.15) is 5.10 Å². The highest BCUT2D eigenvalue weighted by molar-refractivity contribution is 7.89. The van der Waals surface area contributed by atoms with Crippen LogP contribution in [0, 0.1) is 13.8 Å². The lowest BCUT2D eigenvalue weighted by Crippen LogP contribution is -2.33. The molecule has 1 amide bonds. The predicted molar refractivity (Wildman–Crippen MR) is 89.5 cm³/mol. The predicted octanol–water partition coefficient (Wildman–Crippen LogP) is 1.34. The highest BCUT2D eigenvalue weighted by Gasteiger charge is 2.22. The highest BCUT2D eigenvalue weighted by atomic mass is 32.2. The average molecular weight is 352 g/mol. The summed E-state index contributed by atoms with van der Waals surface area (Å²) < 4.78 is 32.3. The van der Waals surface area contributed by atoms with E-state index in [0.717, 1.165) is 0 Å². The second-order valence-corrected chi connectivity index (χ2v) is 6.77. The van der Waals surface area contributed by atoms with Crippen molar-refractivity contribution in [3.63, 3.8) is 0 Å². The number of aromatic amines is 1. The smallest absolute Gasteiger partial charge is 0.244 e. The first-order chi connectivity index (χ1) is 11.3. The Morgan fingerprint density at radius 2 is 2.00 bits per heavy atom. The molecule has 0 aliphatic rings. The first-order valence-corrected chi connectivity index (χ1v) is 8.86. The van der Waals surface area contributed by atoms with E-state index >= 15 is 0 Å². The molecule has 0 aliphatic carbocycles. The summed E-state index contributed by atoms with van der Waals surface area (Å²) in [7, 11) is -3.82. The monoisotopic (exact) mass is 352 g/mol. The molecule has 0 radical (unpaired) electrons. The lowest BCUT2D eigenvalue weighted by atomic mass is 10.3. The zero-order valence-electron chi connectivity index (χ0n) is 13.7. The van der Waals surface area contributed by atoms with E-state index in [-0.39, 0.29) is 4.90 Å². The number of amides is 1. The Balaban J connectivity index is 2.04. The van der Waals surface area contributed by atoms with E-state index in [1.807, 2.05) is 6.92 Å². The van der Waals surface area contributed by atoms with Crippen LogP contribution in [0.1, 0.15) is 18.3 Å². The zero-order valence-corrected chi connectivity index (χ0v) is 14.5. The molecule has 0 saturated carbocycles. The van der Waals surface area contributed by atoms with Gasteiger partial charge in [-0.1, -0.05) is 12.1 Å². The number of anilines is 1. The minimum Gasteiger partial charge on any atom is -0.492 e. The van der Waals surface area contributed by atoms with Crippen LogP contribution in [-0.2, 0) is 14.8 Å². The van der Waals surface area contributed by atoms with Crippen molar-refractivity contribution in [1.82, 2.24) is 14.9 Å². The molecular weight excluding hydrogens is 332 g/mol. The maximum atomic E-state index is 12.3. The second kappa shape index (κ2) is 7.45. The maximum Gasteiger partial charge on any atom is 0.244 e. The average Bonchev–Trinajstić information content (AvgIpc) is 2.87. The van der Waals surface area contributed by atoms with Crippen LogP contribution < -0.4 is 14.8 Å². The van der Waals surface area contributed by atoms with Gasteiger partial charge in [0, 0.05) is 0 Å². The summed E-state index contributed by atoms with van der Waals surface area (Å²) in [6, 6.07) is 6.94. The number of H-pyrrole nitrogens is 1. The standard InChI is InChI=1S/C15H20N4O4S/c1-4-23-13-8-6-5-7-12(13)17-14(20)9-16-24(21,22)15-10(2)18-19-11(15)3/h5-8,16H,4,9H2,1-3H3,(H,17,20)(H,18,19). The van der Waals surface area contributed by atoms with Gasteiger partial charge in [0.05, 0.1) is 30.2 Å². The van der Waals surface area contributed by atoms with Crippen molar-refractivity contribution >= 4 is 21.6 Å². The van der Waals surface area contributed by atoms with Gasteiger partial charge in [0.15, 0.2) is 0 Å². The Morgan fingerprint density at radius 1 is 1.29 bits per heavy atom. The summed E-state index contributed by atoms with van der Waals surface area (Å²) in [4.78, 5) is 12.1. The molecule has 0 atom stereocenters. The quantitative estimate of drug-likeness (QED) is 0.696. The van der Waals surface area contributed by atoms with Crippen LogP contribution >= 0.6 is 0 Å². The van der Waals surface area contributed by atoms with E-state index in [0.29, 0.717) is 29.4 Å². The maximum absolute atomic E-state index is 12.3. The number of sulfonamides is 1. The third kappa shape index (κ3) is 4.12. The Hall–Kier alpha value is -2.39. The van der Waals surface area contributed by atoms with E-state index in [9.17, 15) is 13.2 Å². The third-order valence-corrected chi connectivity index (χ3v) is 4.88. The van der Waals surface area contributed by atoms with Crippen LogP contribution in [0.15, 0.2) is 29.2 Å². The zero-order chi connectivity index (χ0) is 17.7. The first kappa shape index (κ1) is 18.0. The molecule has 9 heteroatoms. The van der Waals surface area contributed by atoms with Gasteiger partial charge in [-0.15, -0.1) is 0 Å². The Bertz CT molecular complexity index is 810. The molecule has 8 nitrogen and oxygen atoms in total. The lowest BCUT2D eigenvalue weighted by Gasteiger charge is -2.12. The number of aromatic nitrogens is 2. The van der Waals surface area contributed by atoms with Crippen molar-refractivity contribution in [3.8, 4) is 5.75 Å². The van der Waals surface area contributed by atoms with Crippen molar-refractivity contribution in [2.75, 3.05) is 18.5 Å². The number of hydrogen-bond acceptors (Lipinski definition) is 5. The van der Waals surface area contributed by atoms with Gasteiger partial charge in [-0.3, -0.25) is 9.89 Å². The summed E-state index contributed by atoms with van der Waals surface area (Å²) in [6.07, 6.45) is 0.